The van der Waals surface area contributed by atoms with Gasteiger partial charge in [0.15, 0.2) is 5.12 Å². The third-order valence-corrected chi connectivity index (χ3v) is 5.71. The van der Waals surface area contributed by atoms with Gasteiger partial charge in [0.05, 0.1) is 11.2 Å². The highest BCUT2D eigenvalue weighted by Crippen LogP contribution is 2.39. The maximum atomic E-state index is 11.4. The van der Waals surface area contributed by atoms with Gasteiger partial charge in [-0.2, -0.15) is 0 Å². The second-order valence-electron chi connectivity index (χ2n) is 6.79. The van der Waals surface area contributed by atoms with Crippen LogP contribution < -0.4 is 0 Å². The van der Waals surface area contributed by atoms with Gasteiger partial charge in [-0.15, -0.1) is 0 Å². The Morgan fingerprint density at radius 1 is 1.29 bits per heavy atom. The molecule has 0 aliphatic carbocycles. The van der Waals surface area contributed by atoms with Crippen molar-refractivity contribution in [1.82, 2.24) is 0 Å². The summed E-state index contributed by atoms with van der Waals surface area (Å²) in [7, 11) is -0.551. The molecule has 1 aliphatic heterocycles. The number of hydrogen-bond donors (Lipinski definition) is 1. The lowest BCUT2D eigenvalue weighted by atomic mass is 9.78. The Labute approximate surface area is 156 Å². The molecule has 4 nitrogen and oxygen atoms in total. The van der Waals surface area contributed by atoms with Gasteiger partial charge in [0.1, 0.15) is 5.75 Å². The average molecular weight is 413 g/mol. The molecule has 1 aliphatic rings. The summed E-state index contributed by atoms with van der Waals surface area (Å²) in [5, 5.41) is 10.2. The van der Waals surface area contributed by atoms with Crippen LogP contribution in [0.15, 0.2) is 28.1 Å². The first kappa shape index (κ1) is 19.6. The number of phenolic OH excluding ortho intramolecular Hbond substituents is 1. The van der Waals surface area contributed by atoms with E-state index in [9.17, 15) is 9.90 Å². The standard InChI is InChI=1S/C17H22BBrO4S/c1-11(20)24-10-13(8-12-6-7-14(19)9-15(12)21)18-22-16(2,3)17(4,5)23-18/h6-9,21H,10H2,1-5H3. The van der Waals surface area contributed by atoms with Crippen molar-refractivity contribution in [2.75, 3.05) is 5.75 Å². The molecular weight excluding hydrogens is 391 g/mol. The largest absolute Gasteiger partial charge is 0.507 e. The molecule has 0 amide bonds. The van der Waals surface area contributed by atoms with E-state index in [-0.39, 0.29) is 10.9 Å². The lowest BCUT2D eigenvalue weighted by Gasteiger charge is -2.32. The van der Waals surface area contributed by atoms with Crippen molar-refractivity contribution in [2.24, 2.45) is 0 Å². The van der Waals surface area contributed by atoms with Gasteiger partial charge in [-0.25, -0.2) is 0 Å². The van der Waals surface area contributed by atoms with Crippen molar-refractivity contribution in [1.29, 1.82) is 0 Å². The molecule has 7 heteroatoms. The molecule has 0 spiro atoms. The molecule has 1 aromatic carbocycles. The molecule has 2 rings (SSSR count). The lowest BCUT2D eigenvalue weighted by Crippen LogP contribution is -2.41. The second-order valence-corrected chi connectivity index (χ2v) is 8.86. The minimum atomic E-state index is -0.551. The van der Waals surface area contributed by atoms with E-state index in [0.717, 1.165) is 9.95 Å². The minimum Gasteiger partial charge on any atom is -0.507 e. The van der Waals surface area contributed by atoms with Gasteiger partial charge in [-0.1, -0.05) is 39.8 Å². The zero-order chi connectivity index (χ0) is 18.1. The van der Waals surface area contributed by atoms with Gasteiger partial charge in [0, 0.05) is 22.7 Å². The molecule has 0 radical (unpaired) electrons. The number of aromatic hydroxyl groups is 1. The number of phenols is 1. The first-order chi connectivity index (χ1) is 11.0. The molecule has 0 saturated carbocycles. The number of carbonyl (C=O) groups is 1. The van der Waals surface area contributed by atoms with Crippen LogP contribution in [-0.4, -0.2) is 34.3 Å². The highest BCUT2D eigenvalue weighted by Gasteiger charge is 2.52. The Hall–Kier alpha value is -0.755. The van der Waals surface area contributed by atoms with Gasteiger partial charge in [0.2, 0.25) is 0 Å². The minimum absolute atomic E-state index is 0.0254. The highest BCUT2D eigenvalue weighted by molar-refractivity contribution is 9.10. The summed E-state index contributed by atoms with van der Waals surface area (Å²) in [5.74, 6) is 0.605. The molecule has 1 fully saturated rings. The Bertz CT molecular complexity index is 657. The zero-order valence-corrected chi connectivity index (χ0v) is 17.0. The number of carbonyl (C=O) groups excluding carboxylic acids is 1. The third-order valence-electron chi connectivity index (χ3n) is 4.33. The van der Waals surface area contributed by atoms with Crippen molar-refractivity contribution < 1.29 is 19.2 Å². The topological polar surface area (TPSA) is 55.8 Å². The summed E-state index contributed by atoms with van der Waals surface area (Å²) in [6.45, 7) is 9.48. The van der Waals surface area contributed by atoms with E-state index >= 15 is 0 Å². The Morgan fingerprint density at radius 2 is 1.88 bits per heavy atom. The van der Waals surface area contributed by atoms with Crippen LogP contribution in [0.1, 0.15) is 40.2 Å². The number of halogens is 1. The van der Waals surface area contributed by atoms with Crippen molar-refractivity contribution in [2.45, 2.75) is 45.8 Å². The summed E-state index contributed by atoms with van der Waals surface area (Å²) in [6, 6.07) is 5.29. The van der Waals surface area contributed by atoms with E-state index in [2.05, 4.69) is 15.9 Å². The first-order valence-corrected chi connectivity index (χ1v) is 9.48. The van der Waals surface area contributed by atoms with Crippen LogP contribution >= 0.6 is 27.7 Å². The Morgan fingerprint density at radius 3 is 2.38 bits per heavy atom. The molecule has 1 saturated heterocycles. The van der Waals surface area contributed by atoms with Crippen LogP contribution in [0.4, 0.5) is 0 Å². The van der Waals surface area contributed by atoms with Crippen LogP contribution in [0.3, 0.4) is 0 Å². The van der Waals surface area contributed by atoms with E-state index in [1.54, 1.807) is 6.07 Å². The van der Waals surface area contributed by atoms with Crippen LogP contribution in [0.25, 0.3) is 6.08 Å². The molecule has 0 bridgehead atoms. The lowest BCUT2D eigenvalue weighted by molar-refractivity contribution is -0.109. The molecule has 130 valence electrons. The van der Waals surface area contributed by atoms with E-state index in [0.29, 0.717) is 11.3 Å². The summed E-state index contributed by atoms with van der Waals surface area (Å²) in [4.78, 5) is 11.4. The first-order valence-electron chi connectivity index (χ1n) is 7.70. The zero-order valence-electron chi connectivity index (χ0n) is 14.6. The predicted octanol–water partition coefficient (Wildman–Crippen LogP) is 4.45. The van der Waals surface area contributed by atoms with E-state index in [4.69, 9.17) is 9.31 Å². The summed E-state index contributed by atoms with van der Waals surface area (Å²) >= 11 is 4.53. The van der Waals surface area contributed by atoms with E-state index in [1.165, 1.54) is 18.7 Å². The predicted molar refractivity (Wildman–Crippen MR) is 103 cm³/mol. The van der Waals surface area contributed by atoms with Crippen molar-refractivity contribution in [3.8, 4) is 5.75 Å². The highest BCUT2D eigenvalue weighted by atomic mass is 79.9. The maximum Gasteiger partial charge on any atom is 0.491 e. The normalized spacial score (nSPS) is 19.6. The number of hydrogen-bond acceptors (Lipinski definition) is 5. The molecule has 24 heavy (non-hydrogen) atoms. The Kier molecular flexibility index (Phi) is 5.90. The van der Waals surface area contributed by atoms with Crippen molar-refractivity contribution >= 4 is 46.0 Å². The smallest absolute Gasteiger partial charge is 0.491 e. The van der Waals surface area contributed by atoms with Crippen molar-refractivity contribution in [3.05, 3.63) is 33.7 Å². The van der Waals surface area contributed by atoms with Gasteiger partial charge < -0.3 is 14.4 Å². The molecule has 1 aromatic rings. The van der Waals surface area contributed by atoms with Gasteiger partial charge in [-0.3, -0.25) is 4.79 Å². The summed E-state index contributed by atoms with van der Waals surface area (Å²) in [5.41, 5.74) is 0.553. The van der Waals surface area contributed by atoms with E-state index in [1.807, 2.05) is 45.9 Å². The van der Waals surface area contributed by atoms with E-state index < -0.39 is 18.3 Å². The number of rotatable bonds is 4. The summed E-state index contributed by atoms with van der Waals surface area (Å²) in [6.07, 6.45) is 1.83. The SMILES string of the molecule is CC(=O)SCC(=Cc1ccc(Br)cc1O)B1OC(C)(C)C(C)(C)O1. The maximum absolute atomic E-state index is 11.4. The number of benzene rings is 1. The fourth-order valence-electron chi connectivity index (χ4n) is 2.20. The van der Waals surface area contributed by atoms with Crippen LogP contribution in [0.5, 0.6) is 5.75 Å². The van der Waals surface area contributed by atoms with Gasteiger partial charge in [-0.05, 0) is 45.3 Å². The van der Waals surface area contributed by atoms with Crippen LogP contribution in [0, 0.1) is 0 Å². The second kappa shape index (κ2) is 7.24. The van der Waals surface area contributed by atoms with Crippen LogP contribution in [0.2, 0.25) is 0 Å². The van der Waals surface area contributed by atoms with Crippen LogP contribution in [-0.2, 0) is 14.1 Å². The molecule has 1 N–H and O–H groups in total. The molecule has 0 unspecified atom stereocenters. The molecule has 1 heterocycles. The molecule has 0 atom stereocenters. The van der Waals surface area contributed by atoms with Crippen molar-refractivity contribution in [3.63, 3.8) is 0 Å². The Balaban J connectivity index is 2.35. The molecular formula is C17H22BBrO4S. The fraction of sp³-hybridized carbons (Fsp3) is 0.471. The molecule has 0 aromatic heterocycles. The number of thioether (sulfide) groups is 1. The quantitative estimate of drug-likeness (QED) is 0.740. The monoisotopic (exact) mass is 412 g/mol. The summed E-state index contributed by atoms with van der Waals surface area (Å²) < 4.78 is 13.0. The average Bonchev–Trinajstić information content (AvgIpc) is 2.65. The van der Waals surface area contributed by atoms with Gasteiger partial charge >= 0.3 is 7.12 Å². The van der Waals surface area contributed by atoms with Gasteiger partial charge in [0.25, 0.3) is 0 Å². The third kappa shape index (κ3) is 4.45. The fourth-order valence-corrected chi connectivity index (χ4v) is 3.13.